The average Bonchev–Trinajstić information content (AvgIpc) is 2.15. The van der Waals surface area contributed by atoms with Crippen LogP contribution < -0.4 is 0 Å². The predicted molar refractivity (Wildman–Crippen MR) is 63.0 cm³/mol. The fourth-order valence-electron chi connectivity index (χ4n) is 2.44. The summed E-state index contributed by atoms with van der Waals surface area (Å²) < 4.78 is 0. The summed E-state index contributed by atoms with van der Waals surface area (Å²) in [4.78, 5) is 13.2. The van der Waals surface area contributed by atoms with Crippen LogP contribution >= 0.6 is 0 Å². The number of piperidine rings is 1. The quantitative estimate of drug-likeness (QED) is 0.682. The molecule has 2 nitrogen and oxygen atoms in total. The standard InChI is InChI=1S/C13H23NO.Y/c1-6-12-9-11(13(3,4)5)7-8-14(12)10(2)15;/h11-12H,1-2,6-9H2,3-5H3;/q-2;. The van der Waals surface area contributed by atoms with E-state index in [-0.39, 0.29) is 38.6 Å². The molecular weight excluding hydrogens is 275 g/mol. The average molecular weight is 298 g/mol. The topological polar surface area (TPSA) is 20.3 Å². The first-order chi connectivity index (χ1) is 6.86. The van der Waals surface area contributed by atoms with Crippen molar-refractivity contribution in [3.63, 3.8) is 0 Å². The molecule has 16 heavy (non-hydrogen) atoms. The van der Waals surface area contributed by atoms with Gasteiger partial charge in [0.25, 0.3) is 0 Å². The first-order valence-electron chi connectivity index (χ1n) is 5.78. The first kappa shape index (κ1) is 16.4. The second kappa shape index (κ2) is 6.40. The minimum atomic E-state index is -0.0454. The number of likely N-dealkylation sites (tertiary alicyclic amines) is 1. The van der Waals surface area contributed by atoms with Crippen molar-refractivity contribution in [3.8, 4) is 0 Å². The van der Waals surface area contributed by atoms with Crippen LogP contribution in [0.1, 0.15) is 40.0 Å². The summed E-state index contributed by atoms with van der Waals surface area (Å²) in [5.74, 6) is 0.649. The van der Waals surface area contributed by atoms with Crippen molar-refractivity contribution in [2.45, 2.75) is 46.1 Å². The molecule has 1 fully saturated rings. The van der Waals surface area contributed by atoms with Gasteiger partial charge in [0.15, 0.2) is 0 Å². The molecule has 0 aromatic carbocycles. The van der Waals surface area contributed by atoms with Crippen LogP contribution in [0.4, 0.5) is 0 Å². The van der Waals surface area contributed by atoms with Gasteiger partial charge in [-0.05, 0) is 24.2 Å². The Labute approximate surface area is 125 Å². The summed E-state index contributed by atoms with van der Waals surface area (Å²) in [5.41, 5.74) is 0.337. The van der Waals surface area contributed by atoms with E-state index in [0.717, 1.165) is 25.8 Å². The number of carbonyl (C=O) groups excluding carboxylic acids is 1. The number of hydrogen-bond acceptors (Lipinski definition) is 1. The van der Waals surface area contributed by atoms with Gasteiger partial charge in [-0.25, -0.2) is 0 Å². The summed E-state index contributed by atoms with van der Waals surface area (Å²) in [6.07, 6.45) is 2.98. The minimum Gasteiger partial charge on any atom is -0.367 e. The van der Waals surface area contributed by atoms with Crippen LogP contribution in [-0.4, -0.2) is 23.4 Å². The maximum atomic E-state index is 11.3. The van der Waals surface area contributed by atoms with Crippen LogP contribution in [-0.2, 0) is 37.5 Å². The molecule has 0 N–H and O–H groups in total. The molecule has 0 aromatic rings. The van der Waals surface area contributed by atoms with E-state index in [2.05, 4.69) is 34.6 Å². The van der Waals surface area contributed by atoms with E-state index in [1.165, 1.54) is 0 Å². The smallest absolute Gasteiger partial charge is 0.0824 e. The summed E-state index contributed by atoms with van der Waals surface area (Å²) in [7, 11) is 0. The molecule has 1 aliphatic rings. The van der Waals surface area contributed by atoms with E-state index < -0.39 is 0 Å². The molecule has 1 radical (unpaired) electrons. The molecule has 1 heterocycles. The molecule has 1 rings (SSSR count). The minimum absolute atomic E-state index is 0. The first-order valence-corrected chi connectivity index (χ1v) is 5.78. The van der Waals surface area contributed by atoms with Crippen molar-refractivity contribution in [1.82, 2.24) is 4.90 Å². The summed E-state index contributed by atoms with van der Waals surface area (Å²) >= 11 is 0. The third-order valence-corrected chi connectivity index (χ3v) is 3.59. The third-order valence-electron chi connectivity index (χ3n) is 3.59. The van der Waals surface area contributed by atoms with Gasteiger partial charge < -0.3 is 23.5 Å². The van der Waals surface area contributed by atoms with Crippen LogP contribution in [0, 0.1) is 25.2 Å². The maximum absolute atomic E-state index is 11.3. The molecule has 1 saturated heterocycles. The number of carbonyl (C=O) groups is 1. The number of nitrogens with zero attached hydrogens (tertiary/aromatic N) is 1. The normalized spacial score (nSPS) is 26.1. The molecule has 1 aliphatic heterocycles. The van der Waals surface area contributed by atoms with Gasteiger partial charge >= 0.3 is 0 Å². The predicted octanol–water partition coefficient (Wildman–Crippen LogP) is 2.70. The fourth-order valence-corrected chi connectivity index (χ4v) is 2.44. The van der Waals surface area contributed by atoms with E-state index in [9.17, 15) is 4.79 Å². The largest absolute Gasteiger partial charge is 0.367 e. The van der Waals surface area contributed by atoms with Crippen LogP contribution in [0.5, 0.6) is 0 Å². The number of rotatable bonds is 1. The van der Waals surface area contributed by atoms with Gasteiger partial charge in [0.05, 0.1) is 5.91 Å². The van der Waals surface area contributed by atoms with E-state index in [1.807, 2.05) is 4.90 Å². The van der Waals surface area contributed by atoms with E-state index in [1.54, 1.807) is 0 Å². The van der Waals surface area contributed by atoms with Crippen LogP contribution in [0.3, 0.4) is 0 Å². The molecule has 2 atom stereocenters. The van der Waals surface area contributed by atoms with Crippen molar-refractivity contribution < 1.29 is 37.5 Å². The Hall–Kier alpha value is 0.444. The van der Waals surface area contributed by atoms with Gasteiger partial charge in [-0.2, -0.15) is 6.42 Å². The summed E-state index contributed by atoms with van der Waals surface area (Å²) in [5, 5.41) is 0. The van der Waals surface area contributed by atoms with Gasteiger partial charge in [0.2, 0.25) is 0 Å². The molecule has 91 valence electrons. The van der Waals surface area contributed by atoms with Crippen molar-refractivity contribution in [2.24, 2.45) is 11.3 Å². The molecule has 1 amide bonds. The molecule has 0 saturated carbocycles. The molecule has 0 spiro atoms. The Balaban J connectivity index is 0.00000225. The molecule has 0 bridgehead atoms. The zero-order valence-corrected chi connectivity index (χ0v) is 13.7. The van der Waals surface area contributed by atoms with E-state index >= 15 is 0 Å². The van der Waals surface area contributed by atoms with E-state index in [4.69, 9.17) is 0 Å². The zero-order valence-electron chi connectivity index (χ0n) is 10.8. The summed E-state index contributed by atoms with van der Waals surface area (Å²) in [6.45, 7) is 15.1. The van der Waals surface area contributed by atoms with Gasteiger partial charge in [-0.1, -0.05) is 20.8 Å². The Morgan fingerprint density at radius 3 is 2.38 bits per heavy atom. The van der Waals surface area contributed by atoms with Crippen molar-refractivity contribution in [1.29, 1.82) is 0 Å². The number of amides is 1. The van der Waals surface area contributed by atoms with Crippen molar-refractivity contribution >= 4 is 5.91 Å². The Bertz CT molecular complexity index is 235. The molecule has 2 unspecified atom stereocenters. The third kappa shape index (κ3) is 4.03. The Kier molecular flexibility index (Phi) is 6.57. The summed E-state index contributed by atoms with van der Waals surface area (Å²) in [6, 6.07) is 0.299. The van der Waals surface area contributed by atoms with Gasteiger partial charge in [0, 0.05) is 45.3 Å². The fraction of sp³-hybridized carbons (Fsp3) is 0.769. The SMILES string of the molecule is [CH2-]CC1CC(C(C)(C)C)CCN1C([CH2-])=O.[Y]. The monoisotopic (exact) mass is 298 g/mol. The molecule has 0 aliphatic carbocycles. The zero-order chi connectivity index (χ0) is 11.6. The van der Waals surface area contributed by atoms with Crippen LogP contribution in [0.25, 0.3) is 0 Å². The van der Waals surface area contributed by atoms with Gasteiger partial charge in [0.1, 0.15) is 0 Å². The van der Waals surface area contributed by atoms with Gasteiger partial charge in [-0.15, -0.1) is 0 Å². The Morgan fingerprint density at radius 2 is 2.00 bits per heavy atom. The molecule has 3 heteroatoms. The van der Waals surface area contributed by atoms with Gasteiger partial charge in [-0.3, -0.25) is 0 Å². The van der Waals surface area contributed by atoms with Crippen LogP contribution in [0.15, 0.2) is 0 Å². The molecule has 0 aromatic heterocycles. The Morgan fingerprint density at radius 1 is 1.44 bits per heavy atom. The molecular formula is C13H23NOY-2. The second-order valence-corrected chi connectivity index (χ2v) is 5.62. The van der Waals surface area contributed by atoms with Crippen LogP contribution in [0.2, 0.25) is 0 Å². The second-order valence-electron chi connectivity index (χ2n) is 5.62. The van der Waals surface area contributed by atoms with Crippen molar-refractivity contribution in [3.05, 3.63) is 13.8 Å². The number of hydrogen-bond donors (Lipinski definition) is 0. The van der Waals surface area contributed by atoms with Crippen molar-refractivity contribution in [2.75, 3.05) is 6.54 Å². The maximum Gasteiger partial charge on any atom is 0.0824 e. The van der Waals surface area contributed by atoms with E-state index in [0.29, 0.717) is 17.4 Å².